The van der Waals surface area contributed by atoms with Gasteiger partial charge < -0.3 is 5.32 Å². The van der Waals surface area contributed by atoms with Gasteiger partial charge in [-0.15, -0.1) is 0 Å². The van der Waals surface area contributed by atoms with Crippen LogP contribution in [0.15, 0.2) is 0 Å². The molecule has 100 valence electrons. The molecule has 0 aromatic carbocycles. The molecule has 0 radical (unpaired) electrons. The highest BCUT2D eigenvalue weighted by molar-refractivity contribution is 4.79. The summed E-state index contributed by atoms with van der Waals surface area (Å²) in [6, 6.07) is 2.82. The molecular formula is C15H30N2. The van der Waals surface area contributed by atoms with E-state index in [4.69, 9.17) is 5.26 Å². The van der Waals surface area contributed by atoms with Gasteiger partial charge in [0.25, 0.3) is 0 Å². The number of hydrogen-bond donors (Lipinski definition) is 1. The molecule has 0 aromatic heterocycles. The SMILES string of the molecule is CC(C)CCCC(C)NCC(C)(C)CCC#N. The van der Waals surface area contributed by atoms with Crippen LogP contribution in [0.4, 0.5) is 0 Å². The minimum Gasteiger partial charge on any atom is -0.314 e. The fraction of sp³-hybridized carbons (Fsp3) is 0.933. The van der Waals surface area contributed by atoms with Crippen molar-refractivity contribution in [1.29, 1.82) is 5.26 Å². The van der Waals surface area contributed by atoms with Crippen molar-refractivity contribution in [2.24, 2.45) is 11.3 Å². The first-order chi connectivity index (χ1) is 7.87. The van der Waals surface area contributed by atoms with Gasteiger partial charge in [0.2, 0.25) is 0 Å². The Labute approximate surface area is 108 Å². The van der Waals surface area contributed by atoms with Crippen molar-refractivity contribution in [2.75, 3.05) is 6.54 Å². The highest BCUT2D eigenvalue weighted by Gasteiger charge is 2.17. The van der Waals surface area contributed by atoms with E-state index < -0.39 is 0 Å². The third kappa shape index (κ3) is 10.3. The molecule has 2 nitrogen and oxygen atoms in total. The average Bonchev–Trinajstić information content (AvgIpc) is 2.23. The normalized spacial score (nSPS) is 13.7. The fourth-order valence-electron chi connectivity index (χ4n) is 1.87. The van der Waals surface area contributed by atoms with Crippen molar-refractivity contribution in [2.45, 2.75) is 72.8 Å². The molecule has 0 aliphatic carbocycles. The number of rotatable bonds is 9. The second kappa shape index (κ2) is 8.53. The van der Waals surface area contributed by atoms with Crippen LogP contribution in [0.1, 0.15) is 66.7 Å². The van der Waals surface area contributed by atoms with Crippen LogP contribution in [-0.2, 0) is 0 Å². The molecule has 0 bridgehead atoms. The van der Waals surface area contributed by atoms with Crippen LogP contribution in [0.5, 0.6) is 0 Å². The predicted octanol–water partition coefficient (Wildman–Crippen LogP) is 4.12. The Kier molecular flexibility index (Phi) is 8.25. The van der Waals surface area contributed by atoms with Gasteiger partial charge in [-0.25, -0.2) is 0 Å². The third-order valence-electron chi connectivity index (χ3n) is 3.26. The summed E-state index contributed by atoms with van der Waals surface area (Å²) in [4.78, 5) is 0. The topological polar surface area (TPSA) is 35.8 Å². The van der Waals surface area contributed by atoms with Crippen molar-refractivity contribution < 1.29 is 0 Å². The van der Waals surface area contributed by atoms with Gasteiger partial charge in [-0.1, -0.05) is 40.5 Å². The Balaban J connectivity index is 3.68. The summed E-state index contributed by atoms with van der Waals surface area (Å²) >= 11 is 0. The van der Waals surface area contributed by atoms with Crippen LogP contribution < -0.4 is 5.32 Å². The van der Waals surface area contributed by atoms with Crippen LogP contribution in [0, 0.1) is 22.7 Å². The summed E-state index contributed by atoms with van der Waals surface area (Å²) in [5.74, 6) is 0.814. The second-order valence-corrected chi connectivity index (χ2v) is 6.43. The lowest BCUT2D eigenvalue weighted by Crippen LogP contribution is -2.35. The molecule has 0 saturated carbocycles. The highest BCUT2D eigenvalue weighted by Crippen LogP contribution is 2.21. The Morgan fingerprint density at radius 1 is 1.18 bits per heavy atom. The molecule has 2 heteroatoms. The van der Waals surface area contributed by atoms with Crippen LogP contribution in [0.3, 0.4) is 0 Å². The van der Waals surface area contributed by atoms with E-state index in [1.807, 2.05) is 0 Å². The van der Waals surface area contributed by atoms with E-state index in [1.165, 1.54) is 19.3 Å². The van der Waals surface area contributed by atoms with Gasteiger partial charge in [0, 0.05) is 19.0 Å². The van der Waals surface area contributed by atoms with Gasteiger partial charge in [0.15, 0.2) is 0 Å². The summed E-state index contributed by atoms with van der Waals surface area (Å²) in [6.07, 6.45) is 5.53. The maximum absolute atomic E-state index is 8.60. The molecular weight excluding hydrogens is 208 g/mol. The lowest BCUT2D eigenvalue weighted by molar-refractivity contribution is 0.297. The molecule has 0 fully saturated rings. The quantitative estimate of drug-likeness (QED) is 0.656. The molecule has 1 unspecified atom stereocenters. The van der Waals surface area contributed by atoms with Gasteiger partial charge in [0.1, 0.15) is 0 Å². The third-order valence-corrected chi connectivity index (χ3v) is 3.26. The molecule has 0 saturated heterocycles. The molecule has 0 rings (SSSR count). The summed E-state index contributed by atoms with van der Waals surface area (Å²) in [6.45, 7) is 12.3. The molecule has 1 N–H and O–H groups in total. The second-order valence-electron chi connectivity index (χ2n) is 6.43. The first-order valence-electron chi connectivity index (χ1n) is 6.98. The Bertz CT molecular complexity index is 226. The van der Waals surface area contributed by atoms with Crippen LogP contribution >= 0.6 is 0 Å². The molecule has 0 heterocycles. The van der Waals surface area contributed by atoms with Crippen molar-refractivity contribution in [3.8, 4) is 6.07 Å². The maximum Gasteiger partial charge on any atom is 0.0621 e. The largest absolute Gasteiger partial charge is 0.314 e. The Morgan fingerprint density at radius 2 is 1.82 bits per heavy atom. The molecule has 0 amide bonds. The van der Waals surface area contributed by atoms with E-state index in [-0.39, 0.29) is 5.41 Å². The van der Waals surface area contributed by atoms with Gasteiger partial charge in [-0.2, -0.15) is 5.26 Å². The Morgan fingerprint density at radius 3 is 2.35 bits per heavy atom. The number of nitrogens with one attached hydrogen (secondary N) is 1. The van der Waals surface area contributed by atoms with Crippen molar-refractivity contribution >= 4 is 0 Å². The zero-order valence-electron chi connectivity index (χ0n) is 12.3. The summed E-state index contributed by atoms with van der Waals surface area (Å²) in [7, 11) is 0. The molecule has 1 atom stereocenters. The maximum atomic E-state index is 8.60. The van der Waals surface area contributed by atoms with E-state index in [9.17, 15) is 0 Å². The zero-order chi connectivity index (χ0) is 13.3. The van der Waals surface area contributed by atoms with Crippen molar-refractivity contribution in [3.05, 3.63) is 0 Å². The number of nitrogens with zero attached hydrogens (tertiary/aromatic N) is 1. The Hall–Kier alpha value is -0.550. The van der Waals surface area contributed by atoms with Gasteiger partial charge >= 0.3 is 0 Å². The standard InChI is InChI=1S/C15H30N2/c1-13(2)8-6-9-14(3)17-12-15(4,5)10-7-11-16/h13-14,17H,6-10,12H2,1-5H3. The van der Waals surface area contributed by atoms with E-state index >= 15 is 0 Å². The monoisotopic (exact) mass is 238 g/mol. The van der Waals surface area contributed by atoms with Crippen LogP contribution in [-0.4, -0.2) is 12.6 Å². The molecule has 0 aliphatic rings. The zero-order valence-corrected chi connectivity index (χ0v) is 12.3. The van der Waals surface area contributed by atoms with Crippen molar-refractivity contribution in [1.82, 2.24) is 5.32 Å². The summed E-state index contributed by atoms with van der Waals surface area (Å²) < 4.78 is 0. The van der Waals surface area contributed by atoms with Crippen LogP contribution in [0.2, 0.25) is 0 Å². The summed E-state index contributed by atoms with van der Waals surface area (Å²) in [5.41, 5.74) is 0.238. The molecule has 0 aromatic rings. The fourth-order valence-corrected chi connectivity index (χ4v) is 1.87. The van der Waals surface area contributed by atoms with Crippen LogP contribution in [0.25, 0.3) is 0 Å². The van der Waals surface area contributed by atoms with Gasteiger partial charge in [-0.05, 0) is 31.1 Å². The average molecular weight is 238 g/mol. The van der Waals surface area contributed by atoms with E-state index in [0.29, 0.717) is 12.5 Å². The van der Waals surface area contributed by atoms with Crippen molar-refractivity contribution in [3.63, 3.8) is 0 Å². The molecule has 0 aliphatic heterocycles. The van der Waals surface area contributed by atoms with Gasteiger partial charge in [0.05, 0.1) is 6.07 Å². The number of nitriles is 1. The first-order valence-corrected chi connectivity index (χ1v) is 6.98. The van der Waals surface area contributed by atoms with E-state index in [2.05, 4.69) is 46.0 Å². The minimum atomic E-state index is 0.238. The van der Waals surface area contributed by atoms with E-state index in [0.717, 1.165) is 18.9 Å². The van der Waals surface area contributed by atoms with Gasteiger partial charge in [-0.3, -0.25) is 0 Å². The molecule has 17 heavy (non-hydrogen) atoms. The molecule has 0 spiro atoms. The number of hydrogen-bond acceptors (Lipinski definition) is 2. The lowest BCUT2D eigenvalue weighted by Gasteiger charge is -2.26. The predicted molar refractivity (Wildman–Crippen MR) is 74.8 cm³/mol. The smallest absolute Gasteiger partial charge is 0.0621 e. The first kappa shape index (κ1) is 16.4. The lowest BCUT2D eigenvalue weighted by atomic mass is 9.87. The minimum absolute atomic E-state index is 0.238. The van der Waals surface area contributed by atoms with E-state index in [1.54, 1.807) is 0 Å². The summed E-state index contributed by atoms with van der Waals surface area (Å²) in [5, 5.41) is 12.2. The highest BCUT2D eigenvalue weighted by atomic mass is 14.9.